The molecule has 0 aromatic rings. The monoisotopic (exact) mass is 377 g/mol. The molecule has 1 unspecified atom stereocenters. The number of carbonyl (C=O) groups excluding carboxylic acids is 1. The summed E-state index contributed by atoms with van der Waals surface area (Å²) in [7, 11) is 0. The van der Waals surface area contributed by atoms with Gasteiger partial charge in [0.05, 0.1) is 6.07 Å². The summed E-state index contributed by atoms with van der Waals surface area (Å²) in [5.41, 5.74) is -1.95. The van der Waals surface area contributed by atoms with E-state index in [1.165, 1.54) is 0 Å². The van der Waals surface area contributed by atoms with Gasteiger partial charge in [0.25, 0.3) is 0 Å². The number of rotatable bonds is 5. The van der Waals surface area contributed by atoms with Crippen molar-refractivity contribution in [1.29, 1.82) is 5.26 Å². The average Bonchev–Trinajstić information content (AvgIpc) is 2.27. The van der Waals surface area contributed by atoms with E-state index in [-0.39, 0.29) is 6.42 Å². The zero-order chi connectivity index (χ0) is 14.6. The maximum absolute atomic E-state index is 11.9. The smallest absolute Gasteiger partial charge is 0.338 e. The van der Waals surface area contributed by atoms with Gasteiger partial charge in [0.2, 0.25) is 0 Å². The van der Waals surface area contributed by atoms with E-state index in [4.69, 9.17) is 34.8 Å². The Morgan fingerprint density at radius 1 is 1.33 bits per heavy atom. The van der Waals surface area contributed by atoms with Crippen LogP contribution in [0.5, 0.6) is 0 Å². The van der Waals surface area contributed by atoms with E-state index in [1.54, 1.807) is 20.8 Å². The van der Waals surface area contributed by atoms with Gasteiger partial charge in [-0.2, -0.15) is 5.26 Å². The molecule has 104 valence electrons. The van der Waals surface area contributed by atoms with Crippen molar-refractivity contribution in [1.82, 2.24) is 0 Å². The highest BCUT2D eigenvalue weighted by molar-refractivity contribution is 9.06. The first kappa shape index (κ1) is 18.3. The van der Waals surface area contributed by atoms with Gasteiger partial charge in [-0.1, -0.05) is 55.6 Å². The summed E-state index contributed by atoms with van der Waals surface area (Å²) in [5, 5.41) is 9.37. The number of nitrogens with zero attached hydrogens (tertiary/aromatic N) is 1. The van der Waals surface area contributed by atoms with Gasteiger partial charge in [0.15, 0.2) is 25.5 Å². The number of nitriles is 1. The highest BCUT2D eigenvalue weighted by atomic mass is 79.9. The molecule has 0 saturated heterocycles. The largest absolute Gasteiger partial charge is 0.382 e. The van der Waals surface area contributed by atoms with Gasteiger partial charge in [-0.05, 0) is 24.7 Å². The Bertz CT molecular complexity index is 349. The molecule has 0 aliphatic heterocycles. The second kappa shape index (κ2) is 6.65. The lowest BCUT2D eigenvalue weighted by Crippen LogP contribution is -2.43. The lowest BCUT2D eigenvalue weighted by molar-refractivity contribution is -0.147. The predicted molar refractivity (Wildman–Crippen MR) is 76.7 cm³/mol. The zero-order valence-electron chi connectivity index (χ0n) is 10.4. The molecular formula is C11H15BrCl3NO2. The quantitative estimate of drug-likeness (QED) is 0.636. The van der Waals surface area contributed by atoms with Crippen LogP contribution in [0.3, 0.4) is 0 Å². The summed E-state index contributed by atoms with van der Waals surface area (Å²) >= 11 is 19.8. The minimum Gasteiger partial charge on any atom is -0.382 e. The Morgan fingerprint density at radius 2 is 1.83 bits per heavy atom. The fourth-order valence-corrected chi connectivity index (χ4v) is 2.47. The van der Waals surface area contributed by atoms with Crippen molar-refractivity contribution in [3.63, 3.8) is 0 Å². The highest BCUT2D eigenvalue weighted by Gasteiger charge is 2.52. The lowest BCUT2D eigenvalue weighted by Gasteiger charge is -2.39. The molecular weight excluding hydrogens is 364 g/mol. The second-order valence-corrected chi connectivity index (χ2v) is 7.57. The summed E-state index contributed by atoms with van der Waals surface area (Å²) < 4.78 is 3.17. The number of halogens is 4. The van der Waals surface area contributed by atoms with Gasteiger partial charge >= 0.3 is 5.97 Å². The summed E-state index contributed by atoms with van der Waals surface area (Å²) in [4.78, 5) is 11.9. The van der Waals surface area contributed by atoms with E-state index < -0.39 is 20.6 Å². The second-order valence-electron chi connectivity index (χ2n) is 4.73. The normalized spacial score (nSPS) is 15.7. The molecule has 0 rings (SSSR count). The standard InChI is InChI=1S/C11H15BrCl3NO2/c1-4-10(7-16,8(17)18-12)9(2,3)5-6-11(13,14)15/h4-6H2,1-3H3. The Balaban J connectivity index is 5.24. The van der Waals surface area contributed by atoms with Crippen LogP contribution in [-0.4, -0.2) is 9.76 Å². The molecule has 7 heteroatoms. The van der Waals surface area contributed by atoms with Crippen LogP contribution in [0, 0.1) is 22.2 Å². The summed E-state index contributed by atoms with van der Waals surface area (Å²) in [6.45, 7) is 5.34. The van der Waals surface area contributed by atoms with Crippen LogP contribution < -0.4 is 0 Å². The Kier molecular flexibility index (Phi) is 6.77. The van der Waals surface area contributed by atoms with E-state index in [2.05, 4.69) is 26.2 Å². The van der Waals surface area contributed by atoms with Crippen molar-refractivity contribution in [2.24, 2.45) is 10.8 Å². The van der Waals surface area contributed by atoms with Crippen molar-refractivity contribution < 1.29 is 8.62 Å². The molecule has 0 fully saturated rings. The van der Waals surface area contributed by atoms with Crippen molar-refractivity contribution >= 4 is 57.0 Å². The molecule has 0 amide bonds. The van der Waals surface area contributed by atoms with E-state index >= 15 is 0 Å². The van der Waals surface area contributed by atoms with Crippen LogP contribution in [0.25, 0.3) is 0 Å². The van der Waals surface area contributed by atoms with Gasteiger partial charge in [-0.15, -0.1) is 0 Å². The van der Waals surface area contributed by atoms with Crippen LogP contribution >= 0.6 is 51.1 Å². The third-order valence-corrected chi connectivity index (χ3v) is 4.19. The molecule has 0 spiro atoms. The van der Waals surface area contributed by atoms with Crippen LogP contribution in [0.4, 0.5) is 0 Å². The zero-order valence-corrected chi connectivity index (χ0v) is 14.3. The first-order chi connectivity index (χ1) is 8.06. The van der Waals surface area contributed by atoms with Gasteiger partial charge in [-0.25, -0.2) is 4.79 Å². The molecule has 3 nitrogen and oxygen atoms in total. The SMILES string of the molecule is CCC(C#N)(C(=O)OBr)C(C)(C)CCC(Cl)(Cl)Cl. The van der Waals surface area contributed by atoms with Crippen molar-refractivity contribution in [2.75, 3.05) is 0 Å². The van der Waals surface area contributed by atoms with E-state index in [9.17, 15) is 10.1 Å². The van der Waals surface area contributed by atoms with Gasteiger partial charge < -0.3 is 3.83 Å². The maximum Gasteiger partial charge on any atom is 0.338 e. The maximum atomic E-state index is 11.9. The molecule has 0 aliphatic carbocycles. The van der Waals surface area contributed by atoms with Crippen LogP contribution in [0.2, 0.25) is 0 Å². The molecule has 0 heterocycles. The predicted octanol–water partition coefficient (Wildman–Crippen LogP) is 4.94. The summed E-state index contributed by atoms with van der Waals surface area (Å²) in [5.74, 6) is -0.623. The highest BCUT2D eigenvalue weighted by Crippen LogP contribution is 2.48. The van der Waals surface area contributed by atoms with Crippen LogP contribution in [-0.2, 0) is 8.62 Å². The number of carbonyl (C=O) groups is 1. The first-order valence-corrected chi connectivity index (χ1v) is 7.15. The fraction of sp³-hybridized carbons (Fsp3) is 0.818. The van der Waals surface area contributed by atoms with E-state index in [0.717, 1.165) is 0 Å². The van der Waals surface area contributed by atoms with Crippen molar-refractivity contribution in [3.05, 3.63) is 0 Å². The third-order valence-electron chi connectivity index (χ3n) is 3.33. The Morgan fingerprint density at radius 3 is 2.11 bits per heavy atom. The van der Waals surface area contributed by atoms with Crippen molar-refractivity contribution in [2.45, 2.75) is 43.8 Å². The third kappa shape index (κ3) is 4.16. The molecule has 1 atom stereocenters. The van der Waals surface area contributed by atoms with Crippen LogP contribution in [0.15, 0.2) is 0 Å². The average molecular weight is 380 g/mol. The van der Waals surface area contributed by atoms with Gasteiger partial charge in [0.1, 0.15) is 0 Å². The summed E-state index contributed by atoms with van der Waals surface area (Å²) in [6, 6.07) is 2.06. The lowest BCUT2D eigenvalue weighted by atomic mass is 9.62. The summed E-state index contributed by atoms with van der Waals surface area (Å²) in [6.07, 6.45) is 0.984. The van der Waals surface area contributed by atoms with E-state index in [0.29, 0.717) is 12.8 Å². The molecule has 0 aliphatic rings. The molecule has 0 saturated carbocycles. The fourth-order valence-electron chi connectivity index (χ4n) is 1.91. The molecule has 0 aromatic heterocycles. The molecule has 18 heavy (non-hydrogen) atoms. The molecule has 0 aromatic carbocycles. The molecule has 0 bridgehead atoms. The van der Waals surface area contributed by atoms with Crippen molar-refractivity contribution in [3.8, 4) is 6.07 Å². The minimum absolute atomic E-state index is 0.254. The molecule has 0 radical (unpaired) electrons. The number of hydrogen-bond acceptors (Lipinski definition) is 3. The number of alkyl halides is 3. The van der Waals surface area contributed by atoms with E-state index in [1.807, 2.05) is 0 Å². The first-order valence-electron chi connectivity index (χ1n) is 5.37. The van der Waals surface area contributed by atoms with Gasteiger partial charge in [0, 0.05) is 0 Å². The minimum atomic E-state index is -1.40. The molecule has 0 N–H and O–H groups in total. The number of hydrogen-bond donors (Lipinski definition) is 0. The Labute approximate surface area is 131 Å². The van der Waals surface area contributed by atoms with Gasteiger partial charge in [-0.3, -0.25) is 0 Å². The topological polar surface area (TPSA) is 50.1 Å². The van der Waals surface area contributed by atoms with Crippen LogP contribution in [0.1, 0.15) is 40.0 Å². The Hall–Kier alpha value is 0.310.